The fraction of sp³-hybridized carbons (Fsp3) is 0.292. The number of carbonyl (C=O) groups is 2. The predicted octanol–water partition coefficient (Wildman–Crippen LogP) is 3.57. The van der Waals surface area contributed by atoms with E-state index in [0.29, 0.717) is 12.1 Å². The van der Waals surface area contributed by atoms with Gasteiger partial charge in [-0.2, -0.15) is 5.10 Å². The summed E-state index contributed by atoms with van der Waals surface area (Å²) in [5.41, 5.74) is 2.63. The summed E-state index contributed by atoms with van der Waals surface area (Å²) in [4.78, 5) is 23.9. The molecule has 0 spiro atoms. The Morgan fingerprint density at radius 2 is 1.87 bits per heavy atom. The fourth-order valence-corrected chi connectivity index (χ4v) is 2.91. The van der Waals surface area contributed by atoms with Gasteiger partial charge in [-0.1, -0.05) is 36.4 Å². The van der Waals surface area contributed by atoms with Crippen molar-refractivity contribution in [3.8, 4) is 5.75 Å². The molecule has 0 aromatic heterocycles. The molecule has 0 aliphatic carbocycles. The molecule has 0 aliphatic rings. The molecule has 0 saturated carbocycles. The molecule has 2 aromatic rings. The van der Waals surface area contributed by atoms with E-state index >= 15 is 0 Å². The highest BCUT2D eigenvalue weighted by Crippen LogP contribution is 2.13. The van der Waals surface area contributed by atoms with E-state index in [4.69, 9.17) is 4.74 Å². The van der Waals surface area contributed by atoms with Crippen LogP contribution in [0.1, 0.15) is 31.4 Å². The number of hydrogen-bond donors (Lipinski definition) is 1. The zero-order valence-corrected chi connectivity index (χ0v) is 17.7. The molecule has 6 heteroatoms. The van der Waals surface area contributed by atoms with Gasteiger partial charge in [0.2, 0.25) is 12.3 Å². The number of carbonyl (C=O) groups excluding carboxylic acids is 2. The van der Waals surface area contributed by atoms with Crippen molar-refractivity contribution in [3.63, 3.8) is 0 Å². The lowest BCUT2D eigenvalue weighted by molar-refractivity contribution is -0.128. The number of hydrogen-bond acceptors (Lipinski definition) is 4. The quantitative estimate of drug-likeness (QED) is 0.352. The number of allylic oxidation sites excluding steroid dienone is 2. The molecule has 1 N–H and O–H groups in total. The Bertz CT molecular complexity index is 861. The van der Waals surface area contributed by atoms with E-state index in [1.54, 1.807) is 13.2 Å². The fourth-order valence-electron chi connectivity index (χ4n) is 2.91. The maximum atomic E-state index is 12.4. The molecule has 0 fully saturated rings. The topological polar surface area (TPSA) is 71.0 Å². The van der Waals surface area contributed by atoms with Crippen molar-refractivity contribution in [2.75, 3.05) is 13.7 Å². The number of amides is 2. The summed E-state index contributed by atoms with van der Waals surface area (Å²) in [7, 11) is 1.60. The third-order valence-corrected chi connectivity index (χ3v) is 4.49. The first-order valence-electron chi connectivity index (χ1n) is 9.96. The summed E-state index contributed by atoms with van der Waals surface area (Å²) < 4.78 is 5.17. The zero-order chi connectivity index (χ0) is 21.8. The van der Waals surface area contributed by atoms with Gasteiger partial charge in [0.1, 0.15) is 12.3 Å². The number of nitrogens with one attached hydrogen (secondary N) is 1. The zero-order valence-electron chi connectivity index (χ0n) is 17.7. The van der Waals surface area contributed by atoms with Gasteiger partial charge in [0.05, 0.1) is 12.8 Å². The van der Waals surface area contributed by atoms with E-state index in [9.17, 15) is 9.59 Å². The van der Waals surface area contributed by atoms with Crippen LogP contribution in [0.3, 0.4) is 0 Å². The molecule has 0 heterocycles. The Morgan fingerprint density at radius 1 is 1.17 bits per heavy atom. The van der Waals surface area contributed by atoms with Gasteiger partial charge in [0, 0.05) is 11.6 Å². The summed E-state index contributed by atoms with van der Waals surface area (Å²) in [5.74, 6) is 0.482. The van der Waals surface area contributed by atoms with Crippen LogP contribution < -0.4 is 10.1 Å². The van der Waals surface area contributed by atoms with Crippen molar-refractivity contribution >= 4 is 18.0 Å². The van der Waals surface area contributed by atoms with Crippen molar-refractivity contribution < 1.29 is 14.3 Å². The van der Waals surface area contributed by atoms with Crippen LogP contribution in [0.2, 0.25) is 0 Å². The van der Waals surface area contributed by atoms with E-state index in [2.05, 4.69) is 22.6 Å². The lowest BCUT2D eigenvalue weighted by Gasteiger charge is -2.17. The van der Waals surface area contributed by atoms with Gasteiger partial charge >= 0.3 is 0 Å². The van der Waals surface area contributed by atoms with Crippen molar-refractivity contribution in [2.24, 2.45) is 5.10 Å². The Labute approximate surface area is 178 Å². The van der Waals surface area contributed by atoms with Gasteiger partial charge in [-0.15, -0.1) is 0 Å². The van der Waals surface area contributed by atoms with Crippen molar-refractivity contribution in [3.05, 3.63) is 77.9 Å². The number of aryl methyl sites for hydroxylation is 1. The van der Waals surface area contributed by atoms with Crippen LogP contribution in [0.15, 0.2) is 71.9 Å². The molecule has 2 rings (SSSR count). The van der Waals surface area contributed by atoms with Crippen LogP contribution in [-0.2, 0) is 16.0 Å². The highest BCUT2D eigenvalue weighted by Gasteiger charge is 2.12. The van der Waals surface area contributed by atoms with Crippen LogP contribution in [0.25, 0.3) is 0 Å². The first kappa shape index (κ1) is 22.9. The van der Waals surface area contributed by atoms with Gasteiger partial charge < -0.3 is 10.1 Å². The molecule has 0 aliphatic heterocycles. The maximum absolute atomic E-state index is 12.4. The van der Waals surface area contributed by atoms with E-state index in [1.807, 2.05) is 62.4 Å². The third kappa shape index (κ3) is 7.54. The molecule has 2 aromatic carbocycles. The molecule has 2 amide bonds. The summed E-state index contributed by atoms with van der Waals surface area (Å²) in [5, 5.41) is 8.39. The minimum absolute atomic E-state index is 0.00761. The van der Waals surface area contributed by atoms with Gasteiger partial charge in [0.15, 0.2) is 0 Å². The molecule has 1 unspecified atom stereocenters. The Morgan fingerprint density at radius 3 is 2.47 bits per heavy atom. The van der Waals surface area contributed by atoms with Crippen molar-refractivity contribution in [1.29, 1.82) is 0 Å². The van der Waals surface area contributed by atoms with Crippen LogP contribution in [0.4, 0.5) is 0 Å². The summed E-state index contributed by atoms with van der Waals surface area (Å²) in [6.07, 6.45) is 5.87. The molecule has 30 heavy (non-hydrogen) atoms. The normalized spacial score (nSPS) is 12.4. The molecule has 0 bridgehead atoms. The number of nitrogens with zero attached hydrogens (tertiary/aromatic N) is 2. The third-order valence-electron chi connectivity index (χ3n) is 4.49. The maximum Gasteiger partial charge on any atom is 0.242 e. The van der Waals surface area contributed by atoms with E-state index < -0.39 is 0 Å². The van der Waals surface area contributed by atoms with Gasteiger partial charge in [-0.05, 0) is 62.6 Å². The van der Waals surface area contributed by atoms with Crippen LogP contribution in [0.5, 0.6) is 5.75 Å². The molecule has 6 nitrogen and oxygen atoms in total. The number of benzene rings is 2. The highest BCUT2D eigenvalue weighted by molar-refractivity contribution is 6.08. The lowest BCUT2D eigenvalue weighted by Crippen LogP contribution is -2.39. The second-order valence-corrected chi connectivity index (χ2v) is 6.91. The smallest absolute Gasteiger partial charge is 0.242 e. The predicted molar refractivity (Wildman–Crippen MR) is 119 cm³/mol. The molecular weight excluding hydrogens is 378 g/mol. The van der Waals surface area contributed by atoms with Crippen molar-refractivity contribution in [1.82, 2.24) is 10.3 Å². The van der Waals surface area contributed by atoms with E-state index in [0.717, 1.165) is 29.2 Å². The SMILES string of the molecule is C/C=C\C(=N/N(C=O)CC(=O)NC(C)CCc1ccccc1)c1ccc(OC)cc1. The Balaban J connectivity index is 1.97. The highest BCUT2D eigenvalue weighted by atomic mass is 16.5. The van der Waals surface area contributed by atoms with Gasteiger partial charge in [0.25, 0.3) is 0 Å². The largest absolute Gasteiger partial charge is 0.497 e. The number of ether oxygens (including phenoxy) is 1. The molecule has 158 valence electrons. The number of methoxy groups -OCH3 is 1. The minimum atomic E-state index is -0.249. The van der Waals surface area contributed by atoms with Gasteiger partial charge in [-0.25, -0.2) is 5.01 Å². The van der Waals surface area contributed by atoms with E-state index in [-0.39, 0.29) is 18.5 Å². The van der Waals surface area contributed by atoms with Gasteiger partial charge in [-0.3, -0.25) is 9.59 Å². The lowest BCUT2D eigenvalue weighted by atomic mass is 10.1. The second kappa shape index (κ2) is 12.2. The minimum Gasteiger partial charge on any atom is -0.497 e. The molecule has 0 radical (unpaired) electrons. The second-order valence-electron chi connectivity index (χ2n) is 6.91. The summed E-state index contributed by atoms with van der Waals surface area (Å²) >= 11 is 0. The van der Waals surface area contributed by atoms with Crippen LogP contribution in [-0.4, -0.2) is 42.7 Å². The Hall–Kier alpha value is -3.41. The number of hydrazone groups is 1. The summed E-state index contributed by atoms with van der Waals surface area (Å²) in [6, 6.07) is 17.5. The average Bonchev–Trinajstić information content (AvgIpc) is 2.77. The number of rotatable bonds is 11. The first-order valence-corrected chi connectivity index (χ1v) is 9.96. The van der Waals surface area contributed by atoms with Crippen molar-refractivity contribution in [2.45, 2.75) is 32.7 Å². The monoisotopic (exact) mass is 407 g/mol. The average molecular weight is 408 g/mol. The molecule has 1 atom stereocenters. The first-order chi connectivity index (χ1) is 14.5. The van der Waals surface area contributed by atoms with E-state index in [1.165, 1.54) is 5.56 Å². The molecule has 0 saturated heterocycles. The van der Waals surface area contributed by atoms with Crippen LogP contribution in [0, 0.1) is 0 Å². The standard InChI is InChI=1S/C24H29N3O3/c1-4-8-23(21-13-15-22(30-3)16-14-21)26-27(18-28)17-24(29)25-19(2)11-12-20-9-6-5-7-10-20/h4-10,13-16,18-19H,11-12,17H2,1-3H3,(H,25,29)/b8-4-,26-23+. The Kier molecular flexibility index (Phi) is 9.31. The summed E-state index contributed by atoms with van der Waals surface area (Å²) in [6.45, 7) is 3.68. The molecular formula is C24H29N3O3. The van der Waals surface area contributed by atoms with Crippen LogP contribution >= 0.6 is 0 Å².